The van der Waals surface area contributed by atoms with Gasteiger partial charge in [-0.25, -0.2) is 0 Å². The van der Waals surface area contributed by atoms with E-state index in [0.29, 0.717) is 6.42 Å². The van der Waals surface area contributed by atoms with Gasteiger partial charge in [-0.2, -0.15) is 0 Å². The zero-order valence-electron chi connectivity index (χ0n) is 8.78. The maximum absolute atomic E-state index is 11.6. The van der Waals surface area contributed by atoms with Crippen molar-refractivity contribution in [1.29, 1.82) is 0 Å². The minimum absolute atomic E-state index is 0.202. The number of amidine groups is 1. The normalized spacial score (nSPS) is 15.5. The Kier molecular flexibility index (Phi) is 4.56. The second-order valence-electron chi connectivity index (χ2n) is 3.32. The molecule has 0 rings (SSSR count). The van der Waals surface area contributed by atoms with E-state index in [0.717, 1.165) is 0 Å². The van der Waals surface area contributed by atoms with Gasteiger partial charge in [-0.1, -0.05) is 12.1 Å². The Morgan fingerprint density at radius 2 is 2.00 bits per heavy atom. The molecule has 86 valence electrons. The Bertz CT molecular complexity index is 290. The van der Waals surface area contributed by atoms with Crippen LogP contribution in [0.5, 0.6) is 0 Å². The Morgan fingerprint density at radius 1 is 1.47 bits per heavy atom. The number of primary amides is 1. The van der Waals surface area contributed by atoms with E-state index in [1.54, 1.807) is 6.92 Å². The summed E-state index contributed by atoms with van der Waals surface area (Å²) in [7, 11) is 0. The van der Waals surface area contributed by atoms with Crippen molar-refractivity contribution in [2.75, 3.05) is 6.54 Å². The number of carbonyl (C=O) groups is 2. The highest BCUT2D eigenvalue weighted by molar-refractivity contribution is 6.06. The number of nitrogens with zero attached hydrogens (tertiary/aromatic N) is 1. The van der Waals surface area contributed by atoms with Gasteiger partial charge >= 0.3 is 0 Å². The van der Waals surface area contributed by atoms with E-state index in [2.05, 4.69) is 10.5 Å². The van der Waals surface area contributed by atoms with Crippen molar-refractivity contribution >= 4 is 17.6 Å². The average Bonchev–Trinajstić information content (AvgIpc) is 2.23. The van der Waals surface area contributed by atoms with Crippen molar-refractivity contribution in [3.05, 3.63) is 0 Å². The van der Waals surface area contributed by atoms with Crippen LogP contribution in [0.25, 0.3) is 0 Å². The smallest absolute Gasteiger partial charge is 0.236 e. The summed E-state index contributed by atoms with van der Waals surface area (Å²) in [6, 6.07) is 0. The minimum Gasteiger partial charge on any atom is -0.409 e. The SMILES string of the molecule is CCC(C)(C(=O)NCC(N)=O)C(N)=NO. The van der Waals surface area contributed by atoms with E-state index < -0.39 is 17.2 Å². The standard InChI is InChI=1S/C8H16N4O3/c1-3-8(2,6(10)12-15)7(14)11-4-5(9)13/h15H,3-4H2,1-2H3,(H2,9,13)(H2,10,12)(H,11,14). The summed E-state index contributed by atoms with van der Waals surface area (Å²) in [5.74, 6) is -1.35. The molecule has 0 radical (unpaired) electrons. The molecule has 7 nitrogen and oxygen atoms in total. The summed E-state index contributed by atoms with van der Waals surface area (Å²) in [5.41, 5.74) is 9.13. The Balaban J connectivity index is 4.67. The van der Waals surface area contributed by atoms with Gasteiger partial charge in [0.2, 0.25) is 11.8 Å². The number of hydrogen-bond acceptors (Lipinski definition) is 4. The van der Waals surface area contributed by atoms with Crippen molar-refractivity contribution < 1.29 is 14.8 Å². The highest BCUT2D eigenvalue weighted by atomic mass is 16.4. The second-order valence-corrected chi connectivity index (χ2v) is 3.32. The lowest BCUT2D eigenvalue weighted by Crippen LogP contribution is -2.49. The van der Waals surface area contributed by atoms with Crippen molar-refractivity contribution in [3.8, 4) is 0 Å². The summed E-state index contributed by atoms with van der Waals surface area (Å²) in [6.07, 6.45) is 0.341. The van der Waals surface area contributed by atoms with Gasteiger partial charge in [-0.05, 0) is 13.3 Å². The number of amides is 2. The fraction of sp³-hybridized carbons (Fsp3) is 0.625. The van der Waals surface area contributed by atoms with E-state index in [-0.39, 0.29) is 12.4 Å². The maximum atomic E-state index is 11.6. The predicted octanol–water partition coefficient (Wildman–Crippen LogP) is -1.25. The lowest BCUT2D eigenvalue weighted by molar-refractivity contribution is -0.129. The topological polar surface area (TPSA) is 131 Å². The molecule has 0 aromatic heterocycles. The lowest BCUT2D eigenvalue weighted by atomic mass is 9.85. The quantitative estimate of drug-likeness (QED) is 0.198. The number of nitrogens with one attached hydrogen (secondary N) is 1. The number of carbonyl (C=O) groups excluding carboxylic acids is 2. The van der Waals surface area contributed by atoms with E-state index in [9.17, 15) is 9.59 Å². The zero-order valence-corrected chi connectivity index (χ0v) is 8.78. The molecule has 15 heavy (non-hydrogen) atoms. The Hall–Kier alpha value is -1.79. The summed E-state index contributed by atoms with van der Waals surface area (Å²) in [4.78, 5) is 22.1. The van der Waals surface area contributed by atoms with Gasteiger partial charge in [-0.15, -0.1) is 0 Å². The van der Waals surface area contributed by atoms with Gasteiger partial charge in [0, 0.05) is 0 Å². The van der Waals surface area contributed by atoms with Crippen LogP contribution in [0.2, 0.25) is 0 Å². The van der Waals surface area contributed by atoms with Crippen LogP contribution in [0.3, 0.4) is 0 Å². The van der Waals surface area contributed by atoms with Gasteiger partial charge in [0.25, 0.3) is 0 Å². The van der Waals surface area contributed by atoms with Crippen LogP contribution in [0.15, 0.2) is 5.16 Å². The highest BCUT2D eigenvalue weighted by Crippen LogP contribution is 2.21. The summed E-state index contributed by atoms with van der Waals surface area (Å²) < 4.78 is 0. The summed E-state index contributed by atoms with van der Waals surface area (Å²) in [6.45, 7) is 2.95. The van der Waals surface area contributed by atoms with Crippen molar-refractivity contribution in [3.63, 3.8) is 0 Å². The summed E-state index contributed by atoms with van der Waals surface area (Å²) >= 11 is 0. The van der Waals surface area contributed by atoms with Gasteiger partial charge in [0.15, 0.2) is 5.84 Å². The molecule has 0 heterocycles. The molecule has 2 amide bonds. The Labute approximate surface area is 87.5 Å². The fourth-order valence-electron chi connectivity index (χ4n) is 0.931. The van der Waals surface area contributed by atoms with Crippen LogP contribution in [-0.2, 0) is 9.59 Å². The van der Waals surface area contributed by atoms with Crippen LogP contribution in [0, 0.1) is 5.41 Å². The first-order valence-electron chi connectivity index (χ1n) is 4.43. The molecule has 1 unspecified atom stereocenters. The monoisotopic (exact) mass is 216 g/mol. The van der Waals surface area contributed by atoms with Crippen LogP contribution in [0.1, 0.15) is 20.3 Å². The summed E-state index contributed by atoms with van der Waals surface area (Å²) in [5, 5.41) is 13.6. The van der Waals surface area contributed by atoms with Gasteiger partial charge < -0.3 is 22.0 Å². The molecular weight excluding hydrogens is 200 g/mol. The predicted molar refractivity (Wildman–Crippen MR) is 54.0 cm³/mol. The van der Waals surface area contributed by atoms with Crippen LogP contribution in [0.4, 0.5) is 0 Å². The Morgan fingerprint density at radius 3 is 2.33 bits per heavy atom. The molecule has 7 heteroatoms. The molecule has 1 atom stereocenters. The van der Waals surface area contributed by atoms with Crippen molar-refractivity contribution in [2.45, 2.75) is 20.3 Å². The van der Waals surface area contributed by atoms with Gasteiger partial charge in [0.05, 0.1) is 6.54 Å². The van der Waals surface area contributed by atoms with E-state index in [1.165, 1.54) is 6.92 Å². The van der Waals surface area contributed by atoms with E-state index in [4.69, 9.17) is 16.7 Å². The first-order chi connectivity index (χ1) is 6.88. The molecule has 0 aliphatic carbocycles. The van der Waals surface area contributed by atoms with Crippen molar-refractivity contribution in [2.24, 2.45) is 22.0 Å². The van der Waals surface area contributed by atoms with E-state index in [1.807, 2.05) is 0 Å². The number of oxime groups is 1. The van der Waals surface area contributed by atoms with E-state index >= 15 is 0 Å². The number of nitrogens with two attached hydrogens (primary N) is 2. The van der Waals surface area contributed by atoms with Crippen LogP contribution in [-0.4, -0.2) is 29.4 Å². The van der Waals surface area contributed by atoms with Crippen molar-refractivity contribution in [1.82, 2.24) is 5.32 Å². The second kappa shape index (κ2) is 5.18. The average molecular weight is 216 g/mol. The third-order valence-electron chi connectivity index (χ3n) is 2.30. The number of hydrogen-bond donors (Lipinski definition) is 4. The molecule has 0 spiro atoms. The van der Waals surface area contributed by atoms with Gasteiger partial charge in [0.1, 0.15) is 5.41 Å². The molecule has 0 aromatic rings. The van der Waals surface area contributed by atoms with Crippen LogP contribution >= 0.6 is 0 Å². The lowest BCUT2D eigenvalue weighted by Gasteiger charge is -2.24. The molecule has 0 aliphatic heterocycles. The first-order valence-corrected chi connectivity index (χ1v) is 4.43. The maximum Gasteiger partial charge on any atom is 0.236 e. The third kappa shape index (κ3) is 3.12. The molecular formula is C8H16N4O3. The molecule has 6 N–H and O–H groups in total. The molecule has 0 saturated heterocycles. The largest absolute Gasteiger partial charge is 0.409 e. The molecule has 0 fully saturated rings. The third-order valence-corrected chi connectivity index (χ3v) is 2.30. The molecule has 0 aliphatic rings. The van der Waals surface area contributed by atoms with Gasteiger partial charge in [-0.3, -0.25) is 9.59 Å². The molecule has 0 bridgehead atoms. The molecule has 0 saturated carbocycles. The minimum atomic E-state index is -1.13. The fourth-order valence-corrected chi connectivity index (χ4v) is 0.931. The first kappa shape index (κ1) is 13.2. The molecule has 0 aromatic carbocycles. The highest BCUT2D eigenvalue weighted by Gasteiger charge is 2.36. The van der Waals surface area contributed by atoms with Crippen LogP contribution < -0.4 is 16.8 Å². The number of rotatable bonds is 5. The zero-order chi connectivity index (χ0) is 12.1.